The summed E-state index contributed by atoms with van der Waals surface area (Å²) in [4.78, 5) is 22.7. The Balaban J connectivity index is 1.82. The molecular weight excluding hydrogens is 344 g/mol. The van der Waals surface area contributed by atoms with E-state index in [2.05, 4.69) is 42.5 Å². The van der Waals surface area contributed by atoms with Crippen LogP contribution in [0.15, 0.2) is 97.1 Å². The smallest absolute Gasteiger partial charge is 0.137 e. The molecule has 0 aliphatic heterocycles. The van der Waals surface area contributed by atoms with Gasteiger partial charge in [0.1, 0.15) is 18.0 Å². The van der Waals surface area contributed by atoms with Crippen molar-refractivity contribution in [2.45, 2.75) is 6.42 Å². The fourth-order valence-electron chi connectivity index (χ4n) is 3.63. The fourth-order valence-corrected chi connectivity index (χ4v) is 3.63. The average molecular weight is 364 g/mol. The van der Waals surface area contributed by atoms with Crippen LogP contribution in [-0.4, -0.2) is 12.6 Å². The van der Waals surface area contributed by atoms with Crippen molar-refractivity contribution in [3.05, 3.63) is 103 Å². The largest absolute Gasteiger partial charge is 0.302 e. The number of benzene rings is 3. The number of hydrogen-bond acceptors (Lipinski definition) is 2. The summed E-state index contributed by atoms with van der Waals surface area (Å²) in [6.07, 6.45) is 7.41. The lowest BCUT2D eigenvalue weighted by molar-refractivity contribution is -0.123. The predicted molar refractivity (Wildman–Crippen MR) is 114 cm³/mol. The van der Waals surface area contributed by atoms with Gasteiger partial charge in [-0.15, -0.1) is 0 Å². The lowest BCUT2D eigenvalue weighted by atomic mass is 9.80. The normalized spacial score (nSPS) is 14.9. The molecule has 2 nitrogen and oxygen atoms in total. The highest BCUT2D eigenvalue weighted by molar-refractivity contribution is 5.95. The lowest BCUT2D eigenvalue weighted by Gasteiger charge is -2.21. The highest BCUT2D eigenvalue weighted by Gasteiger charge is 2.27. The topological polar surface area (TPSA) is 34.1 Å². The van der Waals surface area contributed by atoms with Crippen LogP contribution >= 0.6 is 0 Å². The molecule has 0 unspecified atom stereocenters. The number of hydrogen-bond donors (Lipinski definition) is 0. The molecule has 3 aromatic carbocycles. The summed E-state index contributed by atoms with van der Waals surface area (Å²) in [7, 11) is 0. The number of allylic oxidation sites excluding steroid dienone is 4. The summed E-state index contributed by atoms with van der Waals surface area (Å²) in [5.41, 5.74) is 5.71. The van der Waals surface area contributed by atoms with E-state index in [9.17, 15) is 9.59 Å². The molecule has 0 fully saturated rings. The summed E-state index contributed by atoms with van der Waals surface area (Å²) in [6.45, 7) is 0. The second kappa shape index (κ2) is 7.61. The predicted octanol–water partition coefficient (Wildman–Crippen LogP) is 5.75. The maximum atomic E-state index is 11.3. The van der Waals surface area contributed by atoms with Gasteiger partial charge in [-0.05, 0) is 39.8 Å². The molecule has 28 heavy (non-hydrogen) atoms. The van der Waals surface area contributed by atoms with E-state index < -0.39 is 5.41 Å². The number of rotatable bonds is 5. The minimum Gasteiger partial charge on any atom is -0.302 e. The molecule has 3 aromatic rings. The third-order valence-corrected chi connectivity index (χ3v) is 5.23. The van der Waals surface area contributed by atoms with Gasteiger partial charge in [0.25, 0.3) is 0 Å². The molecule has 0 spiro atoms. The molecule has 136 valence electrons. The molecule has 2 heteroatoms. The number of carbonyl (C=O) groups excluding carboxylic acids is 2. The third kappa shape index (κ3) is 3.25. The van der Waals surface area contributed by atoms with E-state index in [0.717, 1.165) is 34.8 Å². The summed E-state index contributed by atoms with van der Waals surface area (Å²) in [5.74, 6) is 0. The minimum atomic E-state index is -1.03. The highest BCUT2D eigenvalue weighted by atomic mass is 16.1. The van der Waals surface area contributed by atoms with Crippen molar-refractivity contribution in [3.63, 3.8) is 0 Å². The van der Waals surface area contributed by atoms with Crippen molar-refractivity contribution in [2.75, 3.05) is 0 Å². The van der Waals surface area contributed by atoms with Gasteiger partial charge in [0.15, 0.2) is 0 Å². The summed E-state index contributed by atoms with van der Waals surface area (Å²) in [6, 6.07) is 27.0. The van der Waals surface area contributed by atoms with Crippen molar-refractivity contribution in [1.29, 1.82) is 0 Å². The zero-order chi connectivity index (χ0) is 19.4. The molecule has 0 N–H and O–H groups in total. The molecule has 0 aromatic heterocycles. The van der Waals surface area contributed by atoms with Crippen LogP contribution in [0.2, 0.25) is 0 Å². The Kier molecular flexibility index (Phi) is 4.86. The fraction of sp³-hybridized carbons (Fsp3) is 0.0769. The summed E-state index contributed by atoms with van der Waals surface area (Å²) >= 11 is 0. The molecule has 0 atom stereocenters. The first-order valence-electron chi connectivity index (χ1n) is 9.33. The van der Waals surface area contributed by atoms with Crippen LogP contribution in [-0.2, 0) is 9.59 Å². The standard InChI is InChI=1S/C26H20O2/c27-18-26(19-28)16-14-21(15-17-26)23-11-5-7-13-25(23)24-12-6-4-10-22(24)20-8-2-1-3-9-20/h1-16,18-19H,17H2. The average Bonchev–Trinajstić information content (AvgIpc) is 2.80. The molecule has 0 saturated carbocycles. The molecule has 0 amide bonds. The molecule has 0 bridgehead atoms. The Hall–Kier alpha value is -3.52. The van der Waals surface area contributed by atoms with Crippen molar-refractivity contribution in [3.8, 4) is 22.3 Å². The SMILES string of the molecule is O=CC1(C=O)C=CC(c2ccccc2-c2ccccc2-c2ccccc2)=CC1. The zero-order valence-electron chi connectivity index (χ0n) is 15.4. The van der Waals surface area contributed by atoms with Crippen molar-refractivity contribution in [2.24, 2.45) is 5.41 Å². The maximum Gasteiger partial charge on any atom is 0.137 e. The Morgan fingerprint density at radius 1 is 0.643 bits per heavy atom. The van der Waals surface area contributed by atoms with Gasteiger partial charge in [0.2, 0.25) is 0 Å². The van der Waals surface area contributed by atoms with Crippen molar-refractivity contribution >= 4 is 18.1 Å². The van der Waals surface area contributed by atoms with E-state index >= 15 is 0 Å². The van der Waals surface area contributed by atoms with Gasteiger partial charge in [0.05, 0.1) is 0 Å². The van der Waals surface area contributed by atoms with Gasteiger partial charge in [0, 0.05) is 0 Å². The third-order valence-electron chi connectivity index (χ3n) is 5.23. The Morgan fingerprint density at radius 3 is 1.75 bits per heavy atom. The molecule has 0 radical (unpaired) electrons. The molecular formula is C26H20O2. The van der Waals surface area contributed by atoms with Gasteiger partial charge in [-0.25, -0.2) is 0 Å². The Morgan fingerprint density at radius 2 is 1.18 bits per heavy atom. The van der Waals surface area contributed by atoms with Crippen LogP contribution in [0, 0.1) is 5.41 Å². The van der Waals surface area contributed by atoms with Crippen LogP contribution < -0.4 is 0 Å². The van der Waals surface area contributed by atoms with Crippen LogP contribution in [0.4, 0.5) is 0 Å². The number of carbonyl (C=O) groups is 2. The second-order valence-corrected chi connectivity index (χ2v) is 7.00. The molecule has 1 aliphatic rings. The Labute approximate surface area is 164 Å². The molecule has 0 saturated heterocycles. The first kappa shape index (κ1) is 17.9. The summed E-state index contributed by atoms with van der Waals surface area (Å²) in [5, 5.41) is 0. The number of aldehydes is 2. The summed E-state index contributed by atoms with van der Waals surface area (Å²) < 4.78 is 0. The van der Waals surface area contributed by atoms with Gasteiger partial charge in [-0.1, -0.05) is 97.1 Å². The van der Waals surface area contributed by atoms with Crippen molar-refractivity contribution < 1.29 is 9.59 Å². The first-order valence-corrected chi connectivity index (χ1v) is 9.33. The van der Waals surface area contributed by atoms with E-state index in [1.54, 1.807) is 6.08 Å². The van der Waals surface area contributed by atoms with Crippen LogP contribution in [0.5, 0.6) is 0 Å². The monoisotopic (exact) mass is 364 g/mol. The van der Waals surface area contributed by atoms with E-state index in [1.807, 2.05) is 48.6 Å². The van der Waals surface area contributed by atoms with E-state index in [-0.39, 0.29) is 0 Å². The Bertz CT molecular complexity index is 1070. The van der Waals surface area contributed by atoms with Crippen molar-refractivity contribution in [1.82, 2.24) is 0 Å². The van der Waals surface area contributed by atoms with Gasteiger partial charge >= 0.3 is 0 Å². The molecule has 1 aliphatic carbocycles. The lowest BCUT2D eigenvalue weighted by Crippen LogP contribution is -2.22. The van der Waals surface area contributed by atoms with E-state index in [1.165, 1.54) is 11.1 Å². The minimum absolute atomic E-state index is 0.389. The first-order chi connectivity index (χ1) is 13.8. The van der Waals surface area contributed by atoms with Gasteiger partial charge < -0.3 is 9.59 Å². The van der Waals surface area contributed by atoms with Crippen LogP contribution in [0.25, 0.3) is 27.8 Å². The quantitative estimate of drug-likeness (QED) is 0.427. The van der Waals surface area contributed by atoms with Crippen LogP contribution in [0.1, 0.15) is 12.0 Å². The van der Waals surface area contributed by atoms with E-state index in [4.69, 9.17) is 0 Å². The zero-order valence-corrected chi connectivity index (χ0v) is 15.4. The maximum absolute atomic E-state index is 11.3. The van der Waals surface area contributed by atoms with E-state index in [0.29, 0.717) is 6.42 Å². The highest BCUT2D eigenvalue weighted by Crippen LogP contribution is 2.38. The van der Waals surface area contributed by atoms with Gasteiger partial charge in [-0.2, -0.15) is 0 Å². The second-order valence-electron chi connectivity index (χ2n) is 7.00. The molecule has 4 rings (SSSR count). The van der Waals surface area contributed by atoms with Crippen LogP contribution in [0.3, 0.4) is 0 Å². The van der Waals surface area contributed by atoms with Gasteiger partial charge in [-0.3, -0.25) is 0 Å². The molecule has 0 heterocycles.